The third-order valence-corrected chi connectivity index (χ3v) is 5.23. The van der Waals surface area contributed by atoms with Crippen LogP contribution in [0.2, 0.25) is 0 Å². The van der Waals surface area contributed by atoms with Crippen LogP contribution in [0.3, 0.4) is 0 Å². The fourth-order valence-corrected chi connectivity index (χ4v) is 3.65. The van der Waals surface area contributed by atoms with Gasteiger partial charge in [0.05, 0.1) is 5.92 Å². The minimum absolute atomic E-state index is 0. The molecule has 0 radical (unpaired) electrons. The number of aliphatic imine (C=N–C) groups is 1. The highest BCUT2D eigenvalue weighted by Gasteiger charge is 2.42. The Bertz CT molecular complexity index is 447. The summed E-state index contributed by atoms with van der Waals surface area (Å²) < 4.78 is 49.9. The van der Waals surface area contributed by atoms with Crippen LogP contribution in [0.15, 0.2) is 4.99 Å². The zero-order valence-electron chi connectivity index (χ0n) is 16.7. The van der Waals surface area contributed by atoms with Gasteiger partial charge in [-0.3, -0.25) is 4.99 Å². The highest BCUT2D eigenvalue weighted by molar-refractivity contribution is 14.0. The van der Waals surface area contributed by atoms with E-state index in [1.54, 1.807) is 0 Å². The minimum Gasteiger partial charge on any atom is -0.381 e. The predicted molar refractivity (Wildman–Crippen MR) is 115 cm³/mol. The first-order chi connectivity index (χ1) is 13.0. The third-order valence-electron chi connectivity index (χ3n) is 5.23. The molecule has 9 heteroatoms. The second-order valence-corrected chi connectivity index (χ2v) is 7.49. The maximum Gasteiger partial charge on any atom is 0.391 e. The second-order valence-electron chi connectivity index (χ2n) is 7.49. The highest BCUT2D eigenvalue weighted by Crippen LogP contribution is 2.37. The number of rotatable bonds is 8. The number of nitrogens with zero attached hydrogens (tertiary/aromatic N) is 1. The zero-order chi connectivity index (χ0) is 19.5. The van der Waals surface area contributed by atoms with Crippen LogP contribution in [0, 0.1) is 11.8 Å². The van der Waals surface area contributed by atoms with Crippen LogP contribution in [-0.4, -0.2) is 57.7 Å². The molecule has 28 heavy (non-hydrogen) atoms. The molecule has 1 heterocycles. The van der Waals surface area contributed by atoms with Crippen LogP contribution < -0.4 is 10.6 Å². The summed E-state index contributed by atoms with van der Waals surface area (Å²) in [4.78, 5) is 4.49. The second kappa shape index (κ2) is 13.8. The quantitative estimate of drug-likeness (QED) is 0.219. The van der Waals surface area contributed by atoms with Gasteiger partial charge in [-0.15, -0.1) is 24.0 Å². The van der Waals surface area contributed by atoms with E-state index in [9.17, 15) is 13.2 Å². The Labute approximate surface area is 183 Å². The van der Waals surface area contributed by atoms with Gasteiger partial charge in [0, 0.05) is 45.6 Å². The van der Waals surface area contributed by atoms with E-state index in [1.165, 1.54) is 0 Å². The number of hydrogen-bond acceptors (Lipinski definition) is 3. The maximum absolute atomic E-state index is 13.0. The van der Waals surface area contributed by atoms with Gasteiger partial charge in [-0.25, -0.2) is 0 Å². The third kappa shape index (κ3) is 9.96. The van der Waals surface area contributed by atoms with E-state index in [0.717, 1.165) is 45.5 Å². The molecule has 2 rings (SSSR count). The van der Waals surface area contributed by atoms with Crippen molar-refractivity contribution in [3.05, 3.63) is 0 Å². The van der Waals surface area contributed by atoms with Gasteiger partial charge in [0.15, 0.2) is 5.96 Å². The van der Waals surface area contributed by atoms with Crippen molar-refractivity contribution in [2.75, 3.05) is 39.5 Å². The normalized spacial score (nSPS) is 24.5. The molecule has 0 aromatic heterocycles. The molecule has 2 atom stereocenters. The van der Waals surface area contributed by atoms with E-state index in [4.69, 9.17) is 9.47 Å². The van der Waals surface area contributed by atoms with Gasteiger partial charge < -0.3 is 20.1 Å². The van der Waals surface area contributed by atoms with E-state index < -0.39 is 12.1 Å². The van der Waals surface area contributed by atoms with Crippen LogP contribution in [0.5, 0.6) is 0 Å². The number of alkyl halides is 3. The van der Waals surface area contributed by atoms with Gasteiger partial charge in [-0.05, 0) is 51.4 Å². The SMILES string of the molecule is CCNC(=NCCCOCC1CCOCC1)NC1CCCC(C(F)(F)F)C1.I. The molecular formula is C19H35F3IN3O2. The average Bonchev–Trinajstić information content (AvgIpc) is 2.65. The number of halogens is 4. The van der Waals surface area contributed by atoms with Gasteiger partial charge in [-0.1, -0.05) is 6.42 Å². The summed E-state index contributed by atoms with van der Waals surface area (Å²) in [7, 11) is 0. The lowest BCUT2D eigenvalue weighted by molar-refractivity contribution is -0.183. The van der Waals surface area contributed by atoms with Crippen molar-refractivity contribution >= 4 is 29.9 Å². The molecule has 5 nitrogen and oxygen atoms in total. The van der Waals surface area contributed by atoms with Crippen molar-refractivity contribution in [3.8, 4) is 0 Å². The van der Waals surface area contributed by atoms with E-state index in [1.807, 2.05) is 6.92 Å². The van der Waals surface area contributed by atoms with E-state index in [0.29, 0.717) is 38.0 Å². The Balaban J connectivity index is 0.00000392. The van der Waals surface area contributed by atoms with Gasteiger partial charge >= 0.3 is 6.18 Å². The van der Waals surface area contributed by atoms with Gasteiger partial charge in [-0.2, -0.15) is 13.2 Å². The van der Waals surface area contributed by atoms with Gasteiger partial charge in [0.2, 0.25) is 0 Å². The van der Waals surface area contributed by atoms with Crippen molar-refractivity contribution in [2.24, 2.45) is 16.8 Å². The first-order valence-corrected chi connectivity index (χ1v) is 10.3. The molecule has 1 saturated carbocycles. The van der Waals surface area contributed by atoms with Crippen molar-refractivity contribution in [1.29, 1.82) is 0 Å². The lowest BCUT2D eigenvalue weighted by Crippen LogP contribution is -2.46. The summed E-state index contributed by atoms with van der Waals surface area (Å²) in [6.45, 7) is 6.30. The van der Waals surface area contributed by atoms with Crippen LogP contribution in [0.25, 0.3) is 0 Å². The topological polar surface area (TPSA) is 54.9 Å². The predicted octanol–water partition coefficient (Wildman–Crippen LogP) is 4.11. The zero-order valence-corrected chi connectivity index (χ0v) is 19.1. The number of ether oxygens (including phenoxy) is 2. The molecule has 1 saturated heterocycles. The number of nitrogens with one attached hydrogen (secondary N) is 2. The molecule has 166 valence electrons. The summed E-state index contributed by atoms with van der Waals surface area (Å²) in [5.41, 5.74) is 0. The summed E-state index contributed by atoms with van der Waals surface area (Å²) in [6.07, 6.45) is 0.543. The molecule has 2 unspecified atom stereocenters. The molecular weight excluding hydrogens is 486 g/mol. The Morgan fingerprint density at radius 2 is 1.93 bits per heavy atom. The first-order valence-electron chi connectivity index (χ1n) is 10.3. The first kappa shape index (κ1) is 25.7. The maximum atomic E-state index is 13.0. The van der Waals surface area contributed by atoms with Crippen molar-refractivity contribution in [1.82, 2.24) is 10.6 Å². The Hall–Kier alpha value is -0.290. The summed E-state index contributed by atoms with van der Waals surface area (Å²) in [6, 6.07) is -0.173. The molecule has 1 aliphatic carbocycles. The smallest absolute Gasteiger partial charge is 0.381 e. The lowest BCUT2D eigenvalue weighted by Gasteiger charge is -2.31. The van der Waals surface area contributed by atoms with Gasteiger partial charge in [0.25, 0.3) is 0 Å². The molecule has 2 N–H and O–H groups in total. The van der Waals surface area contributed by atoms with E-state index >= 15 is 0 Å². The average molecular weight is 521 g/mol. The molecule has 0 amide bonds. The summed E-state index contributed by atoms with van der Waals surface area (Å²) in [5.74, 6) is -0.00548. The lowest BCUT2D eigenvalue weighted by atomic mass is 9.85. The molecule has 0 aromatic rings. The molecule has 2 aliphatic rings. The molecule has 0 aromatic carbocycles. The Morgan fingerprint density at radius 1 is 1.18 bits per heavy atom. The van der Waals surface area contributed by atoms with Crippen LogP contribution >= 0.6 is 24.0 Å². The molecule has 2 fully saturated rings. The molecule has 0 bridgehead atoms. The number of hydrogen-bond donors (Lipinski definition) is 2. The summed E-state index contributed by atoms with van der Waals surface area (Å²) >= 11 is 0. The van der Waals surface area contributed by atoms with Crippen LogP contribution in [0.4, 0.5) is 13.2 Å². The van der Waals surface area contributed by atoms with Crippen molar-refractivity contribution in [3.63, 3.8) is 0 Å². The fourth-order valence-electron chi connectivity index (χ4n) is 3.65. The van der Waals surface area contributed by atoms with Crippen molar-refractivity contribution < 1.29 is 22.6 Å². The van der Waals surface area contributed by atoms with Gasteiger partial charge in [0.1, 0.15) is 0 Å². The Kier molecular flexibility index (Phi) is 12.7. The minimum atomic E-state index is -4.10. The standard InChI is InChI=1S/C19H34F3N3O2.HI/c1-2-23-18(25-17-6-3-5-16(13-17)19(20,21)22)24-9-4-10-27-14-15-7-11-26-12-8-15;/h15-17H,2-14H2,1H3,(H2,23,24,25);1H. The van der Waals surface area contributed by atoms with E-state index in [-0.39, 0.29) is 42.9 Å². The summed E-state index contributed by atoms with van der Waals surface area (Å²) in [5, 5.41) is 6.31. The Morgan fingerprint density at radius 3 is 2.61 bits per heavy atom. The molecule has 0 spiro atoms. The number of guanidine groups is 1. The largest absolute Gasteiger partial charge is 0.391 e. The van der Waals surface area contributed by atoms with Crippen LogP contribution in [-0.2, 0) is 9.47 Å². The van der Waals surface area contributed by atoms with Crippen LogP contribution in [0.1, 0.15) is 51.9 Å². The highest BCUT2D eigenvalue weighted by atomic mass is 127. The molecule has 1 aliphatic heterocycles. The fraction of sp³-hybridized carbons (Fsp3) is 0.947. The van der Waals surface area contributed by atoms with E-state index in [2.05, 4.69) is 15.6 Å². The van der Waals surface area contributed by atoms with Crippen molar-refractivity contribution in [2.45, 2.75) is 64.1 Å². The monoisotopic (exact) mass is 521 g/mol.